The summed E-state index contributed by atoms with van der Waals surface area (Å²) in [5, 5.41) is 0. The molecule has 9 heteroatoms. The molecular formula is C15H11F3O5S. The van der Waals surface area contributed by atoms with E-state index in [9.17, 15) is 26.4 Å². The van der Waals surface area contributed by atoms with Crippen molar-refractivity contribution in [3.63, 3.8) is 0 Å². The van der Waals surface area contributed by atoms with Crippen molar-refractivity contribution in [1.82, 2.24) is 0 Å². The van der Waals surface area contributed by atoms with Crippen LogP contribution in [-0.4, -0.2) is 21.5 Å². The number of esters is 1. The summed E-state index contributed by atoms with van der Waals surface area (Å²) >= 11 is 0. The molecule has 0 saturated heterocycles. The van der Waals surface area contributed by atoms with Crippen LogP contribution in [-0.2, 0) is 21.0 Å². The van der Waals surface area contributed by atoms with E-state index in [1.807, 2.05) is 0 Å². The molecule has 0 atom stereocenters. The molecule has 0 bridgehead atoms. The quantitative estimate of drug-likeness (QED) is 0.618. The fourth-order valence-corrected chi connectivity index (χ4v) is 2.83. The minimum Gasteiger partial charge on any atom is -0.465 e. The van der Waals surface area contributed by atoms with Crippen LogP contribution < -0.4 is 4.18 Å². The van der Waals surface area contributed by atoms with E-state index in [-0.39, 0.29) is 5.56 Å². The average molecular weight is 360 g/mol. The fourth-order valence-electron chi connectivity index (χ4n) is 1.84. The summed E-state index contributed by atoms with van der Waals surface area (Å²) in [6.07, 6.45) is -4.78. The molecule has 24 heavy (non-hydrogen) atoms. The Labute approximate surface area is 135 Å². The predicted molar refractivity (Wildman–Crippen MR) is 77.0 cm³/mol. The van der Waals surface area contributed by atoms with Gasteiger partial charge >= 0.3 is 22.3 Å². The molecular weight excluding hydrogens is 349 g/mol. The van der Waals surface area contributed by atoms with E-state index >= 15 is 0 Å². The standard InChI is InChI=1S/C15H11F3O5S/c1-22-14(19)10-5-4-6-11(9-10)24(20,21)23-13-8-3-2-7-12(13)15(16,17)18/h2-9H,1H3. The first-order valence-electron chi connectivity index (χ1n) is 6.44. The van der Waals surface area contributed by atoms with Crippen molar-refractivity contribution in [2.24, 2.45) is 0 Å². The van der Waals surface area contributed by atoms with Gasteiger partial charge in [0, 0.05) is 0 Å². The van der Waals surface area contributed by atoms with Gasteiger partial charge in [0.25, 0.3) is 0 Å². The third kappa shape index (κ3) is 3.85. The van der Waals surface area contributed by atoms with Crippen LogP contribution in [0.25, 0.3) is 0 Å². The molecule has 0 unspecified atom stereocenters. The number of ether oxygens (including phenoxy) is 1. The van der Waals surface area contributed by atoms with Gasteiger partial charge in [0.15, 0.2) is 5.75 Å². The number of carbonyl (C=O) groups is 1. The maximum Gasteiger partial charge on any atom is 0.420 e. The summed E-state index contributed by atoms with van der Waals surface area (Å²) in [4.78, 5) is 11.0. The second-order valence-corrected chi connectivity index (χ2v) is 6.10. The van der Waals surface area contributed by atoms with Crippen LogP contribution in [0.3, 0.4) is 0 Å². The van der Waals surface area contributed by atoms with Crippen molar-refractivity contribution < 1.29 is 35.3 Å². The maximum absolute atomic E-state index is 12.9. The Morgan fingerprint density at radius 3 is 2.33 bits per heavy atom. The highest BCUT2D eigenvalue weighted by molar-refractivity contribution is 7.87. The van der Waals surface area contributed by atoms with Crippen LogP contribution in [0.5, 0.6) is 5.75 Å². The number of hydrogen-bond acceptors (Lipinski definition) is 5. The smallest absolute Gasteiger partial charge is 0.420 e. The first kappa shape index (κ1) is 17.8. The lowest BCUT2D eigenvalue weighted by Crippen LogP contribution is -2.15. The molecule has 0 spiro atoms. The molecule has 0 aromatic heterocycles. The van der Waals surface area contributed by atoms with Gasteiger partial charge in [0.05, 0.1) is 18.2 Å². The molecule has 0 radical (unpaired) electrons. The maximum atomic E-state index is 12.9. The number of benzene rings is 2. The van der Waals surface area contributed by atoms with E-state index in [0.29, 0.717) is 6.07 Å². The summed E-state index contributed by atoms with van der Waals surface area (Å²) in [6, 6.07) is 8.52. The highest BCUT2D eigenvalue weighted by Gasteiger charge is 2.35. The zero-order chi connectivity index (χ0) is 18.0. The van der Waals surface area contributed by atoms with Gasteiger partial charge in [-0.2, -0.15) is 21.6 Å². The van der Waals surface area contributed by atoms with Crippen molar-refractivity contribution in [2.75, 3.05) is 7.11 Å². The molecule has 0 fully saturated rings. The molecule has 0 N–H and O–H groups in total. The number of alkyl halides is 3. The van der Waals surface area contributed by atoms with Crippen LogP contribution in [0.2, 0.25) is 0 Å². The molecule has 2 aromatic rings. The largest absolute Gasteiger partial charge is 0.465 e. The van der Waals surface area contributed by atoms with Gasteiger partial charge < -0.3 is 8.92 Å². The number of halogens is 3. The molecule has 128 valence electrons. The van der Waals surface area contributed by atoms with Crippen molar-refractivity contribution in [3.8, 4) is 5.75 Å². The zero-order valence-electron chi connectivity index (χ0n) is 12.2. The molecule has 2 rings (SSSR count). The lowest BCUT2D eigenvalue weighted by molar-refractivity contribution is -0.138. The number of para-hydroxylation sites is 1. The van der Waals surface area contributed by atoms with Gasteiger partial charge in [-0.1, -0.05) is 18.2 Å². The Hall–Kier alpha value is -2.55. The summed E-state index contributed by atoms with van der Waals surface area (Å²) in [5.74, 6) is -1.64. The molecule has 2 aromatic carbocycles. The number of hydrogen-bond donors (Lipinski definition) is 0. The molecule has 0 heterocycles. The summed E-state index contributed by atoms with van der Waals surface area (Å²) in [6.45, 7) is 0. The second kappa shape index (κ2) is 6.52. The van der Waals surface area contributed by atoms with Gasteiger partial charge in [0.2, 0.25) is 0 Å². The normalized spacial score (nSPS) is 11.8. The fraction of sp³-hybridized carbons (Fsp3) is 0.133. The van der Waals surface area contributed by atoms with E-state index < -0.39 is 38.5 Å². The third-order valence-corrected chi connectivity index (χ3v) is 4.17. The monoisotopic (exact) mass is 360 g/mol. The molecule has 0 aliphatic rings. The van der Waals surface area contributed by atoms with Gasteiger partial charge in [-0.3, -0.25) is 0 Å². The second-order valence-electron chi connectivity index (χ2n) is 4.55. The molecule has 0 saturated carbocycles. The lowest BCUT2D eigenvalue weighted by atomic mass is 10.2. The number of methoxy groups -OCH3 is 1. The van der Waals surface area contributed by atoms with Gasteiger partial charge in [0.1, 0.15) is 4.90 Å². The molecule has 0 amide bonds. The van der Waals surface area contributed by atoms with Gasteiger partial charge in [-0.05, 0) is 30.3 Å². The first-order valence-corrected chi connectivity index (χ1v) is 7.85. The van der Waals surface area contributed by atoms with Crippen LogP contribution in [0, 0.1) is 0 Å². The van der Waals surface area contributed by atoms with Crippen LogP contribution in [0.4, 0.5) is 13.2 Å². The van der Waals surface area contributed by atoms with E-state index in [1.165, 1.54) is 18.2 Å². The summed E-state index contributed by atoms with van der Waals surface area (Å²) < 4.78 is 72.2. The Kier molecular flexibility index (Phi) is 4.83. The highest BCUT2D eigenvalue weighted by atomic mass is 32.2. The Balaban J connectivity index is 2.42. The minimum atomic E-state index is -4.78. The first-order chi connectivity index (χ1) is 11.1. The third-order valence-electron chi connectivity index (χ3n) is 2.94. The van der Waals surface area contributed by atoms with Gasteiger partial charge in [-0.15, -0.1) is 0 Å². The van der Waals surface area contributed by atoms with E-state index in [2.05, 4.69) is 8.92 Å². The van der Waals surface area contributed by atoms with Crippen LogP contribution in [0.15, 0.2) is 53.4 Å². The molecule has 0 aliphatic carbocycles. The van der Waals surface area contributed by atoms with E-state index in [0.717, 1.165) is 31.4 Å². The van der Waals surface area contributed by atoms with E-state index in [1.54, 1.807) is 0 Å². The van der Waals surface area contributed by atoms with Crippen molar-refractivity contribution in [3.05, 3.63) is 59.7 Å². The van der Waals surface area contributed by atoms with Crippen molar-refractivity contribution in [1.29, 1.82) is 0 Å². The average Bonchev–Trinajstić information content (AvgIpc) is 2.53. The van der Waals surface area contributed by atoms with Gasteiger partial charge in [-0.25, -0.2) is 4.79 Å². The Morgan fingerprint density at radius 2 is 1.71 bits per heavy atom. The molecule has 5 nitrogen and oxygen atoms in total. The lowest BCUT2D eigenvalue weighted by Gasteiger charge is -2.13. The molecule has 0 aliphatic heterocycles. The zero-order valence-corrected chi connectivity index (χ0v) is 13.0. The van der Waals surface area contributed by atoms with Crippen molar-refractivity contribution >= 4 is 16.1 Å². The van der Waals surface area contributed by atoms with Crippen LogP contribution in [0.1, 0.15) is 15.9 Å². The Morgan fingerprint density at radius 1 is 1.04 bits per heavy atom. The van der Waals surface area contributed by atoms with Crippen molar-refractivity contribution in [2.45, 2.75) is 11.1 Å². The highest BCUT2D eigenvalue weighted by Crippen LogP contribution is 2.37. The minimum absolute atomic E-state index is 0.0775. The summed E-state index contributed by atoms with van der Waals surface area (Å²) in [7, 11) is -3.46. The SMILES string of the molecule is COC(=O)c1cccc(S(=O)(=O)Oc2ccccc2C(F)(F)F)c1. The van der Waals surface area contributed by atoms with Crippen LogP contribution >= 0.6 is 0 Å². The van der Waals surface area contributed by atoms with E-state index in [4.69, 9.17) is 0 Å². The number of rotatable bonds is 4. The Bertz CT molecular complexity index is 859. The topological polar surface area (TPSA) is 69.7 Å². The number of carbonyl (C=O) groups excluding carboxylic acids is 1. The summed E-state index contributed by atoms with van der Waals surface area (Å²) in [5.41, 5.74) is -1.30. The predicted octanol–water partition coefficient (Wildman–Crippen LogP) is 3.26.